The highest BCUT2D eigenvalue weighted by Gasteiger charge is 2.26. The lowest BCUT2D eigenvalue weighted by molar-refractivity contribution is -0.123. The van der Waals surface area contributed by atoms with E-state index in [0.717, 1.165) is 12.8 Å². The molecule has 0 aromatic heterocycles. The van der Waals surface area contributed by atoms with Crippen LogP contribution in [0.2, 0.25) is 0 Å². The molecule has 6 nitrogen and oxygen atoms in total. The number of nitrogens with one attached hydrogen (secondary N) is 1. The van der Waals surface area contributed by atoms with Crippen LogP contribution < -0.4 is 10.1 Å². The molecule has 0 aliphatic carbocycles. The van der Waals surface area contributed by atoms with Gasteiger partial charge >= 0.3 is 0 Å². The highest BCUT2D eigenvalue weighted by molar-refractivity contribution is 7.89. The number of hydrogen-bond donors (Lipinski definition) is 1. The molecule has 1 aromatic rings. The number of sulfonamides is 1. The number of rotatable bonds is 7. The Labute approximate surface area is 137 Å². The summed E-state index contributed by atoms with van der Waals surface area (Å²) in [5.74, 6) is 0.673. The Balaban J connectivity index is 1.90. The topological polar surface area (TPSA) is 75.7 Å². The molecule has 1 amide bonds. The van der Waals surface area contributed by atoms with Crippen molar-refractivity contribution in [2.45, 2.75) is 31.6 Å². The molecule has 7 heteroatoms. The monoisotopic (exact) mass is 340 g/mol. The molecule has 0 spiro atoms. The van der Waals surface area contributed by atoms with Crippen LogP contribution in [0.1, 0.15) is 26.7 Å². The second-order valence-electron chi connectivity index (χ2n) is 6.07. The summed E-state index contributed by atoms with van der Waals surface area (Å²) in [7, 11) is -3.41. The van der Waals surface area contributed by atoms with Gasteiger partial charge in [-0.15, -0.1) is 0 Å². The van der Waals surface area contributed by atoms with E-state index in [4.69, 9.17) is 4.74 Å². The molecule has 1 fully saturated rings. The fourth-order valence-electron chi connectivity index (χ4n) is 2.30. The molecule has 0 saturated carbocycles. The lowest BCUT2D eigenvalue weighted by Gasteiger charge is -2.15. The number of carbonyl (C=O) groups excluding carboxylic acids is 1. The second kappa shape index (κ2) is 7.79. The van der Waals surface area contributed by atoms with E-state index < -0.39 is 10.0 Å². The SMILES string of the molecule is CC(C)CNC(=O)COc1ccc(S(=O)(=O)N2CCCC2)cc1. The minimum atomic E-state index is -3.41. The molecule has 1 heterocycles. The Bertz CT molecular complexity index is 620. The van der Waals surface area contributed by atoms with Gasteiger partial charge in [-0.1, -0.05) is 13.8 Å². The maximum absolute atomic E-state index is 12.4. The molecule has 1 aliphatic rings. The average molecular weight is 340 g/mol. The van der Waals surface area contributed by atoms with Gasteiger partial charge in [0.2, 0.25) is 10.0 Å². The summed E-state index contributed by atoms with van der Waals surface area (Å²) in [6.07, 6.45) is 1.82. The molecule has 23 heavy (non-hydrogen) atoms. The first kappa shape index (κ1) is 17.7. The molecule has 0 unspecified atom stereocenters. The summed E-state index contributed by atoms with van der Waals surface area (Å²) < 4.78 is 31.6. The number of ether oxygens (including phenoxy) is 1. The fourth-order valence-corrected chi connectivity index (χ4v) is 3.82. The van der Waals surface area contributed by atoms with Crippen molar-refractivity contribution in [2.75, 3.05) is 26.2 Å². The molecule has 2 rings (SSSR count). The van der Waals surface area contributed by atoms with E-state index >= 15 is 0 Å². The van der Waals surface area contributed by atoms with Crippen molar-refractivity contribution in [2.24, 2.45) is 5.92 Å². The van der Waals surface area contributed by atoms with Gasteiger partial charge in [0.05, 0.1) is 4.90 Å². The average Bonchev–Trinajstić information content (AvgIpc) is 3.06. The molecule has 1 N–H and O–H groups in total. The van der Waals surface area contributed by atoms with Crippen molar-refractivity contribution in [1.82, 2.24) is 9.62 Å². The highest BCUT2D eigenvalue weighted by Crippen LogP contribution is 2.22. The summed E-state index contributed by atoms with van der Waals surface area (Å²) >= 11 is 0. The van der Waals surface area contributed by atoms with E-state index in [9.17, 15) is 13.2 Å². The van der Waals surface area contributed by atoms with Gasteiger partial charge in [0.15, 0.2) is 6.61 Å². The summed E-state index contributed by atoms with van der Waals surface area (Å²) in [4.78, 5) is 11.8. The van der Waals surface area contributed by atoms with Gasteiger partial charge in [0.1, 0.15) is 5.75 Å². The zero-order valence-corrected chi connectivity index (χ0v) is 14.4. The quantitative estimate of drug-likeness (QED) is 0.818. The van der Waals surface area contributed by atoms with Gasteiger partial charge < -0.3 is 10.1 Å². The van der Waals surface area contributed by atoms with Crippen LogP contribution in [-0.4, -0.2) is 44.9 Å². The largest absolute Gasteiger partial charge is 0.484 e. The number of hydrogen-bond acceptors (Lipinski definition) is 4. The lowest BCUT2D eigenvalue weighted by Crippen LogP contribution is -2.31. The predicted molar refractivity (Wildman–Crippen MR) is 87.8 cm³/mol. The summed E-state index contributed by atoms with van der Waals surface area (Å²) in [5, 5.41) is 2.76. The van der Waals surface area contributed by atoms with Crippen molar-refractivity contribution in [3.63, 3.8) is 0 Å². The standard InChI is InChI=1S/C16H24N2O4S/c1-13(2)11-17-16(19)12-22-14-5-7-15(8-6-14)23(20,21)18-9-3-4-10-18/h5-8,13H,3-4,9-12H2,1-2H3,(H,17,19). The highest BCUT2D eigenvalue weighted by atomic mass is 32.2. The minimum Gasteiger partial charge on any atom is -0.484 e. The molecular weight excluding hydrogens is 316 g/mol. The molecule has 1 saturated heterocycles. The third kappa shape index (κ3) is 4.94. The maximum atomic E-state index is 12.4. The molecular formula is C16H24N2O4S. The van der Waals surface area contributed by atoms with Crippen LogP contribution in [0.4, 0.5) is 0 Å². The van der Waals surface area contributed by atoms with Crippen molar-refractivity contribution in [3.05, 3.63) is 24.3 Å². The van der Waals surface area contributed by atoms with Gasteiger partial charge in [-0.2, -0.15) is 4.31 Å². The van der Waals surface area contributed by atoms with E-state index in [1.54, 1.807) is 12.1 Å². The first-order chi connectivity index (χ1) is 10.9. The van der Waals surface area contributed by atoms with Crippen LogP contribution in [0.5, 0.6) is 5.75 Å². The van der Waals surface area contributed by atoms with Crippen LogP contribution >= 0.6 is 0 Å². The molecule has 1 aliphatic heterocycles. The van der Waals surface area contributed by atoms with E-state index in [2.05, 4.69) is 5.32 Å². The van der Waals surface area contributed by atoms with E-state index in [0.29, 0.717) is 31.3 Å². The van der Waals surface area contributed by atoms with E-state index in [-0.39, 0.29) is 17.4 Å². The summed E-state index contributed by atoms with van der Waals surface area (Å²) in [5.41, 5.74) is 0. The van der Waals surface area contributed by atoms with E-state index in [1.165, 1.54) is 16.4 Å². The minimum absolute atomic E-state index is 0.0784. The smallest absolute Gasteiger partial charge is 0.257 e. The summed E-state index contributed by atoms with van der Waals surface area (Å²) in [6.45, 7) is 5.72. The van der Waals surface area contributed by atoms with Crippen LogP contribution in [-0.2, 0) is 14.8 Å². The second-order valence-corrected chi connectivity index (χ2v) is 8.01. The molecule has 1 aromatic carbocycles. The zero-order chi connectivity index (χ0) is 16.9. The third-order valence-corrected chi connectivity index (χ3v) is 5.52. The van der Waals surface area contributed by atoms with E-state index in [1.807, 2.05) is 13.8 Å². The lowest BCUT2D eigenvalue weighted by atomic mass is 10.2. The maximum Gasteiger partial charge on any atom is 0.257 e. The third-order valence-electron chi connectivity index (χ3n) is 3.60. The molecule has 0 atom stereocenters. The predicted octanol–water partition coefficient (Wildman–Crippen LogP) is 1.62. The Kier molecular flexibility index (Phi) is 6.01. The molecule has 0 bridgehead atoms. The zero-order valence-electron chi connectivity index (χ0n) is 13.6. The summed E-state index contributed by atoms with van der Waals surface area (Å²) in [6, 6.07) is 6.21. The van der Waals surface area contributed by atoms with Crippen LogP contribution in [0, 0.1) is 5.92 Å². The number of nitrogens with zero attached hydrogens (tertiary/aromatic N) is 1. The van der Waals surface area contributed by atoms with Crippen LogP contribution in [0.3, 0.4) is 0 Å². The van der Waals surface area contributed by atoms with Crippen molar-refractivity contribution < 1.29 is 17.9 Å². The number of amides is 1. The van der Waals surface area contributed by atoms with Gasteiger partial charge in [-0.3, -0.25) is 4.79 Å². The normalized spacial score (nSPS) is 15.8. The van der Waals surface area contributed by atoms with Crippen molar-refractivity contribution in [3.8, 4) is 5.75 Å². The van der Waals surface area contributed by atoms with Crippen molar-refractivity contribution >= 4 is 15.9 Å². The van der Waals surface area contributed by atoms with Crippen LogP contribution in [0.25, 0.3) is 0 Å². The Morgan fingerprint density at radius 2 is 1.83 bits per heavy atom. The Morgan fingerprint density at radius 3 is 2.39 bits per heavy atom. The van der Waals surface area contributed by atoms with Gasteiger partial charge in [-0.25, -0.2) is 8.42 Å². The Morgan fingerprint density at radius 1 is 1.22 bits per heavy atom. The van der Waals surface area contributed by atoms with Gasteiger partial charge in [0.25, 0.3) is 5.91 Å². The Hall–Kier alpha value is -1.60. The van der Waals surface area contributed by atoms with Gasteiger partial charge in [0, 0.05) is 19.6 Å². The first-order valence-corrected chi connectivity index (χ1v) is 9.33. The van der Waals surface area contributed by atoms with Crippen LogP contribution in [0.15, 0.2) is 29.2 Å². The fraction of sp³-hybridized carbons (Fsp3) is 0.562. The first-order valence-electron chi connectivity index (χ1n) is 7.89. The van der Waals surface area contributed by atoms with Gasteiger partial charge in [-0.05, 0) is 43.0 Å². The number of carbonyl (C=O) groups is 1. The molecule has 128 valence electrons. The number of benzene rings is 1. The van der Waals surface area contributed by atoms with Crippen molar-refractivity contribution in [1.29, 1.82) is 0 Å². The molecule has 0 radical (unpaired) electrons.